The second-order valence-corrected chi connectivity index (χ2v) is 10.2. The van der Waals surface area contributed by atoms with E-state index in [1.165, 1.54) is 4.31 Å². The van der Waals surface area contributed by atoms with Crippen LogP contribution in [-0.4, -0.2) is 45.8 Å². The van der Waals surface area contributed by atoms with E-state index in [2.05, 4.69) is 24.0 Å². The summed E-state index contributed by atoms with van der Waals surface area (Å²) in [6.07, 6.45) is 0. The van der Waals surface area contributed by atoms with Crippen LogP contribution >= 0.6 is 11.8 Å². The molecular formula is C21H26N4O2S2. The summed E-state index contributed by atoms with van der Waals surface area (Å²) in [4.78, 5) is 0.263. The Labute approximate surface area is 177 Å². The van der Waals surface area contributed by atoms with Crippen molar-refractivity contribution in [3.05, 3.63) is 54.6 Å². The van der Waals surface area contributed by atoms with E-state index in [4.69, 9.17) is 0 Å². The molecule has 6 nitrogen and oxygen atoms in total. The van der Waals surface area contributed by atoms with Gasteiger partial charge in [0, 0.05) is 29.6 Å². The molecular weight excluding hydrogens is 404 g/mol. The van der Waals surface area contributed by atoms with Gasteiger partial charge in [-0.3, -0.25) is 4.57 Å². The molecule has 0 atom stereocenters. The normalized spacial score (nSPS) is 12.1. The van der Waals surface area contributed by atoms with Crippen LogP contribution < -0.4 is 0 Å². The minimum absolute atomic E-state index is 0.263. The molecule has 0 aliphatic heterocycles. The third kappa shape index (κ3) is 4.55. The number of hydrogen-bond acceptors (Lipinski definition) is 5. The molecule has 8 heteroatoms. The Hall–Kier alpha value is -2.16. The summed E-state index contributed by atoms with van der Waals surface area (Å²) in [7, 11) is -3.55. The molecule has 1 heterocycles. The molecule has 0 unspecified atom stereocenters. The molecule has 0 saturated carbocycles. The number of nitrogens with zero attached hydrogens (tertiary/aromatic N) is 4. The summed E-state index contributed by atoms with van der Waals surface area (Å²) in [5.74, 6) is 0.621. The molecule has 0 N–H and O–H groups in total. The number of para-hydroxylation sites is 1. The van der Waals surface area contributed by atoms with Gasteiger partial charge < -0.3 is 0 Å². The molecule has 0 aliphatic rings. The number of sulfonamides is 1. The number of hydrogen-bond donors (Lipinski definition) is 0. The number of benzene rings is 2. The monoisotopic (exact) mass is 430 g/mol. The summed E-state index contributed by atoms with van der Waals surface area (Å²) in [6, 6.07) is 16.8. The van der Waals surface area contributed by atoms with Crippen LogP contribution in [-0.2, 0) is 10.0 Å². The largest absolute Gasteiger partial charge is 0.270 e. The van der Waals surface area contributed by atoms with E-state index < -0.39 is 10.0 Å². The molecule has 29 heavy (non-hydrogen) atoms. The SMILES string of the molecule is CCN(CC)S(=O)(=O)c1cccc(-c2nnc(SC(C)C)n2-c2ccccc2)c1. The van der Waals surface area contributed by atoms with Crippen LogP contribution in [0.4, 0.5) is 0 Å². The Morgan fingerprint density at radius 3 is 2.31 bits per heavy atom. The van der Waals surface area contributed by atoms with Crippen molar-refractivity contribution < 1.29 is 8.42 Å². The van der Waals surface area contributed by atoms with Crippen molar-refractivity contribution >= 4 is 21.8 Å². The second kappa shape index (κ2) is 9.11. The van der Waals surface area contributed by atoms with Gasteiger partial charge in [-0.15, -0.1) is 10.2 Å². The third-order valence-corrected chi connectivity index (χ3v) is 7.42. The number of rotatable bonds is 8. The first-order chi connectivity index (χ1) is 13.9. The third-order valence-electron chi connectivity index (χ3n) is 4.42. The highest BCUT2D eigenvalue weighted by molar-refractivity contribution is 7.99. The van der Waals surface area contributed by atoms with Crippen molar-refractivity contribution in [2.24, 2.45) is 0 Å². The van der Waals surface area contributed by atoms with Gasteiger partial charge in [0.2, 0.25) is 10.0 Å². The van der Waals surface area contributed by atoms with E-state index in [1.807, 2.05) is 54.8 Å². The van der Waals surface area contributed by atoms with E-state index >= 15 is 0 Å². The van der Waals surface area contributed by atoms with Crippen molar-refractivity contribution in [1.82, 2.24) is 19.1 Å². The van der Waals surface area contributed by atoms with Crippen molar-refractivity contribution in [1.29, 1.82) is 0 Å². The van der Waals surface area contributed by atoms with E-state index in [1.54, 1.807) is 30.0 Å². The Morgan fingerprint density at radius 2 is 1.69 bits per heavy atom. The first-order valence-corrected chi connectivity index (χ1v) is 12.0. The Bertz CT molecular complexity index is 1060. The van der Waals surface area contributed by atoms with E-state index in [0.717, 1.165) is 10.8 Å². The van der Waals surface area contributed by atoms with E-state index in [0.29, 0.717) is 29.7 Å². The Morgan fingerprint density at radius 1 is 1.00 bits per heavy atom. The zero-order valence-electron chi connectivity index (χ0n) is 17.1. The molecule has 0 spiro atoms. The van der Waals surface area contributed by atoms with Crippen LogP contribution in [0.3, 0.4) is 0 Å². The fourth-order valence-electron chi connectivity index (χ4n) is 3.06. The topological polar surface area (TPSA) is 68.1 Å². The second-order valence-electron chi connectivity index (χ2n) is 6.76. The van der Waals surface area contributed by atoms with Gasteiger partial charge in [0.25, 0.3) is 0 Å². The summed E-state index contributed by atoms with van der Waals surface area (Å²) in [5, 5.41) is 9.91. The fourth-order valence-corrected chi connectivity index (χ4v) is 5.37. The molecule has 0 bridgehead atoms. The minimum Gasteiger partial charge on any atom is -0.270 e. The smallest absolute Gasteiger partial charge is 0.243 e. The van der Waals surface area contributed by atoms with E-state index in [-0.39, 0.29) is 4.90 Å². The summed E-state index contributed by atoms with van der Waals surface area (Å²) in [5.41, 5.74) is 1.65. The molecule has 3 aromatic rings. The lowest BCUT2D eigenvalue weighted by atomic mass is 10.2. The van der Waals surface area contributed by atoms with Gasteiger partial charge in [-0.1, -0.05) is 69.8 Å². The van der Waals surface area contributed by atoms with Gasteiger partial charge in [0.15, 0.2) is 11.0 Å². The number of thioether (sulfide) groups is 1. The van der Waals surface area contributed by atoms with Gasteiger partial charge >= 0.3 is 0 Å². The molecule has 3 rings (SSSR count). The average molecular weight is 431 g/mol. The van der Waals surface area contributed by atoms with Crippen LogP contribution in [0, 0.1) is 0 Å². The lowest BCUT2D eigenvalue weighted by molar-refractivity contribution is 0.445. The lowest BCUT2D eigenvalue weighted by Gasteiger charge is -2.19. The molecule has 0 fully saturated rings. The van der Waals surface area contributed by atoms with Crippen LogP contribution in [0.5, 0.6) is 0 Å². The van der Waals surface area contributed by atoms with Crippen molar-refractivity contribution in [2.45, 2.75) is 43.0 Å². The molecule has 154 valence electrons. The Kier molecular flexibility index (Phi) is 6.77. The fraction of sp³-hybridized carbons (Fsp3) is 0.333. The summed E-state index contributed by atoms with van der Waals surface area (Å²) in [6.45, 7) is 8.74. The maximum atomic E-state index is 13.0. The highest BCUT2D eigenvalue weighted by atomic mass is 32.2. The zero-order chi connectivity index (χ0) is 21.0. The van der Waals surface area contributed by atoms with Crippen molar-refractivity contribution in [3.63, 3.8) is 0 Å². The van der Waals surface area contributed by atoms with Gasteiger partial charge in [-0.25, -0.2) is 8.42 Å². The van der Waals surface area contributed by atoms with E-state index in [9.17, 15) is 8.42 Å². The van der Waals surface area contributed by atoms with Crippen LogP contribution in [0.15, 0.2) is 64.6 Å². The standard InChI is InChI=1S/C21H26N4O2S2/c1-5-24(6-2)29(26,27)19-14-10-11-17(15-19)20-22-23-21(28-16(3)4)25(20)18-12-8-7-9-13-18/h7-16H,5-6H2,1-4H3. The van der Waals surface area contributed by atoms with Crippen molar-refractivity contribution in [2.75, 3.05) is 13.1 Å². The maximum absolute atomic E-state index is 13.0. The lowest BCUT2D eigenvalue weighted by Crippen LogP contribution is -2.30. The van der Waals surface area contributed by atoms with Gasteiger partial charge in [0.05, 0.1) is 4.90 Å². The molecule has 0 aliphatic carbocycles. The van der Waals surface area contributed by atoms with Gasteiger partial charge in [0.1, 0.15) is 0 Å². The van der Waals surface area contributed by atoms with Gasteiger partial charge in [-0.05, 0) is 24.3 Å². The van der Waals surface area contributed by atoms with Crippen molar-refractivity contribution in [3.8, 4) is 17.1 Å². The first-order valence-electron chi connectivity index (χ1n) is 9.66. The highest BCUT2D eigenvalue weighted by Crippen LogP contribution is 2.31. The first kappa shape index (κ1) is 21.5. The highest BCUT2D eigenvalue weighted by Gasteiger charge is 2.23. The van der Waals surface area contributed by atoms with Crippen LogP contribution in [0.2, 0.25) is 0 Å². The Balaban J connectivity index is 2.14. The predicted molar refractivity (Wildman–Crippen MR) is 118 cm³/mol. The molecule has 0 amide bonds. The maximum Gasteiger partial charge on any atom is 0.243 e. The van der Waals surface area contributed by atoms with Crippen LogP contribution in [0.1, 0.15) is 27.7 Å². The van der Waals surface area contributed by atoms with Gasteiger partial charge in [-0.2, -0.15) is 4.31 Å². The molecule has 1 aromatic heterocycles. The molecule has 0 saturated heterocycles. The molecule has 0 radical (unpaired) electrons. The molecule has 2 aromatic carbocycles. The summed E-state index contributed by atoms with van der Waals surface area (Å²) < 4.78 is 29.4. The summed E-state index contributed by atoms with van der Waals surface area (Å²) >= 11 is 1.62. The average Bonchev–Trinajstić information content (AvgIpc) is 3.12. The van der Waals surface area contributed by atoms with Crippen LogP contribution in [0.25, 0.3) is 17.1 Å². The zero-order valence-corrected chi connectivity index (χ0v) is 18.7. The number of aromatic nitrogens is 3. The minimum atomic E-state index is -3.55. The predicted octanol–water partition coefficient (Wildman–Crippen LogP) is 4.47. The quantitative estimate of drug-likeness (QED) is 0.493.